The van der Waals surface area contributed by atoms with Crippen molar-refractivity contribution in [2.45, 2.75) is 28.7 Å². The fourth-order valence-electron chi connectivity index (χ4n) is 1.37. The van der Waals surface area contributed by atoms with Gasteiger partial charge in [0.05, 0.1) is 0 Å². The average Bonchev–Trinajstić information content (AvgIpc) is 2.39. The predicted molar refractivity (Wildman–Crippen MR) is 99.7 cm³/mol. The molecule has 0 heterocycles. The van der Waals surface area contributed by atoms with E-state index in [1.165, 1.54) is 6.54 Å². The van der Waals surface area contributed by atoms with Gasteiger partial charge in [-0.25, -0.2) is 0 Å². The minimum Gasteiger partial charge on any atom is -0.448 e. The number of hydrogen-bond acceptors (Lipinski definition) is 5. The van der Waals surface area contributed by atoms with Gasteiger partial charge in [-0.15, -0.1) is 0 Å². The Bertz CT molecular complexity index is 171. The summed E-state index contributed by atoms with van der Waals surface area (Å²) in [4.78, 5) is 6.62. The Kier molecular flexibility index (Phi) is 40.5. The molecule has 0 saturated heterocycles. The molecule has 0 amide bonds. The molecule has 0 unspecified atom stereocenters. The molecule has 139 valence electrons. The van der Waals surface area contributed by atoms with Crippen LogP contribution in [-0.4, -0.2) is 88.8 Å². The summed E-state index contributed by atoms with van der Waals surface area (Å²) in [6.45, 7) is 11.9. The van der Waals surface area contributed by atoms with Crippen LogP contribution < -0.4 is 10.6 Å². The SMILES string of the molecule is C.C.CCN(CCNC)CCN(C)C.[CH2-]N(CC)CNC.[V]. The third-order valence-corrected chi connectivity index (χ3v) is 2.82. The van der Waals surface area contributed by atoms with Crippen molar-refractivity contribution in [3.05, 3.63) is 7.05 Å². The first kappa shape index (κ1) is 33.9. The number of rotatable bonds is 10. The Labute approximate surface area is 154 Å². The smallest absolute Gasteiger partial charge is 0.0201 e. The molecule has 0 spiro atoms. The Morgan fingerprint density at radius 2 is 1.41 bits per heavy atom. The monoisotopic (exact) mass is 357 g/mol. The first-order chi connectivity index (χ1) is 9.01. The standard InChI is InChI=1S/C9H23N3.C5H13N2.2CH4.V/c1-5-12(7-6-10-2)9-8-11(3)4;1-4-7(3)5-6-2;;;/h10H,5-9H2,1-4H3;6H,3-5H2,1-2H3;2*1H4;/q;-1;;;. The quantitative estimate of drug-likeness (QED) is 0.459. The zero-order valence-corrected chi connectivity index (χ0v) is 15.8. The van der Waals surface area contributed by atoms with E-state index in [0.717, 1.165) is 39.4 Å². The van der Waals surface area contributed by atoms with Gasteiger partial charge in [0, 0.05) is 51.4 Å². The normalized spacial score (nSPS) is 9.55. The van der Waals surface area contributed by atoms with Gasteiger partial charge in [0.2, 0.25) is 0 Å². The first-order valence-electron chi connectivity index (χ1n) is 7.23. The van der Waals surface area contributed by atoms with Crippen molar-refractivity contribution >= 4 is 0 Å². The molecule has 6 heteroatoms. The van der Waals surface area contributed by atoms with Crippen LogP contribution in [0.25, 0.3) is 0 Å². The molecule has 1 radical (unpaired) electrons. The van der Waals surface area contributed by atoms with Gasteiger partial charge in [-0.1, -0.05) is 28.7 Å². The van der Waals surface area contributed by atoms with Crippen LogP contribution in [0.5, 0.6) is 0 Å². The van der Waals surface area contributed by atoms with E-state index in [1.807, 2.05) is 19.0 Å². The maximum Gasteiger partial charge on any atom is 0.0201 e. The van der Waals surface area contributed by atoms with Crippen LogP contribution in [0.1, 0.15) is 28.7 Å². The largest absolute Gasteiger partial charge is 0.448 e. The van der Waals surface area contributed by atoms with Gasteiger partial charge in [-0.05, 0) is 41.3 Å². The van der Waals surface area contributed by atoms with Crippen molar-refractivity contribution in [1.29, 1.82) is 0 Å². The van der Waals surface area contributed by atoms with E-state index in [9.17, 15) is 0 Å². The van der Waals surface area contributed by atoms with Crippen molar-refractivity contribution < 1.29 is 18.6 Å². The maximum atomic E-state index is 3.72. The van der Waals surface area contributed by atoms with Crippen molar-refractivity contribution in [3.8, 4) is 0 Å². The third-order valence-electron chi connectivity index (χ3n) is 2.82. The van der Waals surface area contributed by atoms with Crippen LogP contribution in [0.3, 0.4) is 0 Å². The Morgan fingerprint density at radius 1 is 0.864 bits per heavy atom. The van der Waals surface area contributed by atoms with Crippen LogP contribution >= 0.6 is 0 Å². The van der Waals surface area contributed by atoms with Crippen LogP contribution in [0.2, 0.25) is 0 Å². The van der Waals surface area contributed by atoms with Crippen LogP contribution in [0, 0.1) is 7.05 Å². The molecular weight excluding hydrogens is 313 g/mol. The van der Waals surface area contributed by atoms with Gasteiger partial charge in [0.25, 0.3) is 0 Å². The summed E-state index contributed by atoms with van der Waals surface area (Å²) in [6, 6.07) is 0. The molecule has 0 aliphatic rings. The Morgan fingerprint density at radius 3 is 1.68 bits per heavy atom. The molecule has 0 rings (SSSR count). The molecule has 0 aliphatic carbocycles. The zero-order chi connectivity index (χ0) is 15.1. The summed E-state index contributed by atoms with van der Waals surface area (Å²) in [6.07, 6.45) is 0. The second kappa shape index (κ2) is 26.3. The van der Waals surface area contributed by atoms with Crippen molar-refractivity contribution in [3.63, 3.8) is 0 Å². The molecule has 0 saturated carbocycles. The van der Waals surface area contributed by atoms with Gasteiger partial charge in [-0.3, -0.25) is 7.05 Å². The van der Waals surface area contributed by atoms with E-state index in [1.54, 1.807) is 0 Å². The Hall–Kier alpha value is 0.384. The van der Waals surface area contributed by atoms with E-state index < -0.39 is 0 Å². The van der Waals surface area contributed by atoms with E-state index >= 15 is 0 Å². The molecule has 0 fully saturated rings. The second-order valence-electron chi connectivity index (χ2n) is 4.84. The summed E-state index contributed by atoms with van der Waals surface area (Å²) in [5, 5.41) is 6.15. The van der Waals surface area contributed by atoms with Gasteiger partial charge in [0.1, 0.15) is 0 Å². The summed E-state index contributed by atoms with van der Waals surface area (Å²) < 4.78 is 0. The van der Waals surface area contributed by atoms with E-state index in [2.05, 4.69) is 55.4 Å². The minimum absolute atomic E-state index is 0. The van der Waals surface area contributed by atoms with Crippen molar-refractivity contribution in [2.24, 2.45) is 0 Å². The van der Waals surface area contributed by atoms with Crippen LogP contribution in [0.4, 0.5) is 0 Å². The average molecular weight is 358 g/mol. The van der Waals surface area contributed by atoms with Crippen LogP contribution in [-0.2, 0) is 18.6 Å². The second-order valence-corrected chi connectivity index (χ2v) is 4.84. The molecule has 0 aromatic rings. The van der Waals surface area contributed by atoms with E-state index in [0.29, 0.717) is 0 Å². The van der Waals surface area contributed by atoms with Gasteiger partial charge >= 0.3 is 0 Å². The Balaban J connectivity index is -0.0000000850. The first-order valence-corrected chi connectivity index (χ1v) is 7.23. The summed E-state index contributed by atoms with van der Waals surface area (Å²) in [7, 11) is 11.9. The topological polar surface area (TPSA) is 33.8 Å². The number of hydrogen-bond donors (Lipinski definition) is 2. The number of likely N-dealkylation sites (N-methyl/N-ethyl adjacent to an activating group) is 3. The molecule has 0 aliphatic heterocycles. The molecule has 0 bridgehead atoms. The van der Waals surface area contributed by atoms with E-state index in [-0.39, 0.29) is 33.4 Å². The summed E-state index contributed by atoms with van der Waals surface area (Å²) in [5.74, 6) is 0. The van der Waals surface area contributed by atoms with Crippen molar-refractivity contribution in [1.82, 2.24) is 25.3 Å². The number of nitrogens with one attached hydrogen (secondary N) is 2. The van der Waals surface area contributed by atoms with Crippen molar-refractivity contribution in [2.75, 3.05) is 74.1 Å². The maximum absolute atomic E-state index is 3.72. The predicted octanol–water partition coefficient (Wildman–Crippen LogP) is 1.64. The summed E-state index contributed by atoms with van der Waals surface area (Å²) >= 11 is 0. The molecule has 2 N–H and O–H groups in total. The molecule has 0 aromatic heterocycles. The number of nitrogens with zero attached hydrogens (tertiary/aromatic N) is 3. The van der Waals surface area contributed by atoms with Gasteiger partial charge in [-0.2, -0.15) is 0 Å². The van der Waals surface area contributed by atoms with Gasteiger partial charge in [0.15, 0.2) is 0 Å². The molecule has 5 nitrogen and oxygen atoms in total. The fourth-order valence-corrected chi connectivity index (χ4v) is 1.37. The van der Waals surface area contributed by atoms with Crippen LogP contribution in [0.15, 0.2) is 0 Å². The summed E-state index contributed by atoms with van der Waals surface area (Å²) in [5.41, 5.74) is 0. The molecular formula is C16H44N5V-. The molecule has 0 atom stereocenters. The molecule has 0 aromatic carbocycles. The minimum atomic E-state index is 0. The fraction of sp³-hybridized carbons (Fsp3) is 0.938. The molecule has 22 heavy (non-hydrogen) atoms. The third kappa shape index (κ3) is 28.5. The van der Waals surface area contributed by atoms with E-state index in [4.69, 9.17) is 0 Å². The zero-order valence-electron chi connectivity index (χ0n) is 14.4. The van der Waals surface area contributed by atoms with Gasteiger partial charge < -0.3 is 25.3 Å².